The molecule has 1 aromatic rings. The quantitative estimate of drug-likeness (QED) is 0.825. The molecule has 6 heteroatoms. The molecule has 0 saturated carbocycles. The summed E-state index contributed by atoms with van der Waals surface area (Å²) in [4.78, 5) is 25.5. The molecular formula is C16H24N4O2. The number of morpholine rings is 1. The van der Waals surface area contributed by atoms with Gasteiger partial charge in [0.1, 0.15) is 5.82 Å². The Morgan fingerprint density at radius 2 is 2.00 bits per heavy atom. The van der Waals surface area contributed by atoms with Crippen molar-refractivity contribution in [2.45, 2.75) is 38.9 Å². The van der Waals surface area contributed by atoms with E-state index >= 15 is 0 Å². The summed E-state index contributed by atoms with van der Waals surface area (Å²) >= 11 is 0. The Morgan fingerprint density at radius 1 is 1.23 bits per heavy atom. The number of amides is 1. The third kappa shape index (κ3) is 3.38. The van der Waals surface area contributed by atoms with Crippen molar-refractivity contribution in [1.82, 2.24) is 14.9 Å². The van der Waals surface area contributed by atoms with Gasteiger partial charge in [0.15, 0.2) is 0 Å². The number of hydrogen-bond donors (Lipinski definition) is 0. The number of anilines is 1. The number of ether oxygens (including phenoxy) is 1. The largest absolute Gasteiger partial charge is 0.372 e. The molecule has 0 spiro atoms. The Labute approximate surface area is 131 Å². The Balaban J connectivity index is 1.65. The van der Waals surface area contributed by atoms with Gasteiger partial charge >= 0.3 is 0 Å². The van der Waals surface area contributed by atoms with Gasteiger partial charge < -0.3 is 14.5 Å². The molecule has 0 aliphatic carbocycles. The van der Waals surface area contributed by atoms with E-state index in [0.29, 0.717) is 13.1 Å². The lowest BCUT2D eigenvalue weighted by atomic mass is 9.96. The van der Waals surface area contributed by atoms with E-state index in [1.54, 1.807) is 18.6 Å². The van der Waals surface area contributed by atoms with Crippen LogP contribution in [-0.2, 0) is 9.53 Å². The summed E-state index contributed by atoms with van der Waals surface area (Å²) in [6, 6.07) is 0. The summed E-state index contributed by atoms with van der Waals surface area (Å²) in [5, 5.41) is 0. The molecule has 3 atom stereocenters. The van der Waals surface area contributed by atoms with Gasteiger partial charge in [-0.3, -0.25) is 9.78 Å². The SMILES string of the molecule is C[C@@H]1CN(C(=O)[C@@H]2CCCN(c3cnccn3)C2)C[C@@H](C)O1. The molecule has 120 valence electrons. The maximum Gasteiger partial charge on any atom is 0.227 e. The minimum absolute atomic E-state index is 0.0493. The number of nitrogens with zero attached hydrogens (tertiary/aromatic N) is 4. The highest BCUT2D eigenvalue weighted by molar-refractivity contribution is 5.80. The Morgan fingerprint density at radius 3 is 2.68 bits per heavy atom. The van der Waals surface area contributed by atoms with Crippen LogP contribution in [0.5, 0.6) is 0 Å². The van der Waals surface area contributed by atoms with Crippen LogP contribution in [0, 0.1) is 5.92 Å². The average molecular weight is 304 g/mol. The second-order valence-electron chi connectivity index (χ2n) is 6.35. The van der Waals surface area contributed by atoms with Crippen LogP contribution in [0.25, 0.3) is 0 Å². The molecule has 6 nitrogen and oxygen atoms in total. The fourth-order valence-corrected chi connectivity index (χ4v) is 3.46. The standard InChI is InChI=1S/C16H24N4O2/c1-12-9-20(10-13(2)22-12)16(21)14-4-3-7-19(11-14)15-8-17-5-6-18-15/h5-6,8,12-14H,3-4,7,9-11H2,1-2H3/t12-,13-,14-/m1/s1. The van der Waals surface area contributed by atoms with Gasteiger partial charge in [-0.05, 0) is 26.7 Å². The number of rotatable bonds is 2. The van der Waals surface area contributed by atoms with Gasteiger partial charge in [0, 0.05) is 38.6 Å². The monoisotopic (exact) mass is 304 g/mol. The predicted molar refractivity (Wildman–Crippen MR) is 83.6 cm³/mol. The van der Waals surface area contributed by atoms with Gasteiger partial charge in [-0.15, -0.1) is 0 Å². The van der Waals surface area contributed by atoms with Crippen molar-refractivity contribution >= 4 is 11.7 Å². The highest BCUT2D eigenvalue weighted by Crippen LogP contribution is 2.24. The fraction of sp³-hybridized carbons (Fsp3) is 0.688. The molecule has 2 aliphatic rings. The summed E-state index contributed by atoms with van der Waals surface area (Å²) in [6.45, 7) is 7.14. The van der Waals surface area contributed by atoms with Crippen LogP contribution < -0.4 is 4.90 Å². The van der Waals surface area contributed by atoms with E-state index in [-0.39, 0.29) is 24.0 Å². The van der Waals surface area contributed by atoms with E-state index in [9.17, 15) is 4.79 Å². The Hall–Kier alpha value is -1.69. The van der Waals surface area contributed by atoms with Crippen molar-refractivity contribution in [3.8, 4) is 0 Å². The second-order valence-corrected chi connectivity index (χ2v) is 6.35. The summed E-state index contributed by atoms with van der Waals surface area (Å²) < 4.78 is 5.72. The molecule has 1 amide bonds. The molecule has 0 N–H and O–H groups in total. The van der Waals surface area contributed by atoms with Gasteiger partial charge in [0.25, 0.3) is 0 Å². The zero-order valence-corrected chi connectivity index (χ0v) is 13.3. The third-order valence-electron chi connectivity index (χ3n) is 4.38. The van der Waals surface area contributed by atoms with E-state index in [0.717, 1.165) is 31.7 Å². The number of piperidine rings is 1. The van der Waals surface area contributed by atoms with Crippen LogP contribution in [0.4, 0.5) is 5.82 Å². The number of hydrogen-bond acceptors (Lipinski definition) is 5. The third-order valence-corrected chi connectivity index (χ3v) is 4.38. The molecule has 2 fully saturated rings. The van der Waals surface area contributed by atoms with Gasteiger partial charge in [-0.25, -0.2) is 4.98 Å². The first-order chi connectivity index (χ1) is 10.6. The van der Waals surface area contributed by atoms with E-state index in [1.807, 2.05) is 18.7 Å². The first-order valence-corrected chi connectivity index (χ1v) is 8.08. The highest BCUT2D eigenvalue weighted by atomic mass is 16.5. The molecule has 0 aromatic carbocycles. The van der Waals surface area contributed by atoms with Crippen LogP contribution in [-0.4, -0.2) is 59.2 Å². The summed E-state index contributed by atoms with van der Waals surface area (Å²) in [6.07, 6.45) is 7.35. The molecule has 2 saturated heterocycles. The van der Waals surface area contributed by atoms with Crippen LogP contribution in [0.2, 0.25) is 0 Å². The number of carbonyl (C=O) groups excluding carboxylic acids is 1. The molecule has 1 aromatic heterocycles. The van der Waals surface area contributed by atoms with Crippen molar-refractivity contribution in [3.63, 3.8) is 0 Å². The first kappa shape index (κ1) is 15.2. The highest BCUT2D eigenvalue weighted by Gasteiger charge is 2.33. The topological polar surface area (TPSA) is 58.6 Å². The average Bonchev–Trinajstić information content (AvgIpc) is 2.54. The van der Waals surface area contributed by atoms with E-state index in [4.69, 9.17) is 4.74 Å². The van der Waals surface area contributed by atoms with Crippen LogP contribution in [0.3, 0.4) is 0 Å². The minimum atomic E-state index is 0.0493. The lowest BCUT2D eigenvalue weighted by Gasteiger charge is -2.39. The van der Waals surface area contributed by atoms with Crippen molar-refractivity contribution in [1.29, 1.82) is 0 Å². The maximum absolute atomic E-state index is 12.8. The fourth-order valence-electron chi connectivity index (χ4n) is 3.46. The van der Waals surface area contributed by atoms with Crippen LogP contribution in [0.1, 0.15) is 26.7 Å². The Kier molecular flexibility index (Phi) is 4.57. The molecule has 3 heterocycles. The molecule has 0 bridgehead atoms. The van der Waals surface area contributed by atoms with Crippen molar-refractivity contribution < 1.29 is 9.53 Å². The summed E-state index contributed by atoms with van der Waals surface area (Å²) in [5.74, 6) is 1.17. The molecule has 3 rings (SSSR count). The number of carbonyl (C=O) groups is 1. The van der Waals surface area contributed by atoms with Gasteiger partial charge in [0.2, 0.25) is 5.91 Å². The number of aromatic nitrogens is 2. The molecule has 22 heavy (non-hydrogen) atoms. The lowest BCUT2D eigenvalue weighted by Crippen LogP contribution is -2.52. The second kappa shape index (κ2) is 6.60. The maximum atomic E-state index is 12.8. The Bertz CT molecular complexity index is 500. The zero-order chi connectivity index (χ0) is 15.5. The summed E-state index contributed by atoms with van der Waals surface area (Å²) in [5.41, 5.74) is 0. The van der Waals surface area contributed by atoms with Crippen molar-refractivity contribution in [3.05, 3.63) is 18.6 Å². The first-order valence-electron chi connectivity index (χ1n) is 8.08. The lowest BCUT2D eigenvalue weighted by molar-refractivity contribution is -0.147. The van der Waals surface area contributed by atoms with Crippen LogP contribution >= 0.6 is 0 Å². The van der Waals surface area contributed by atoms with Gasteiger partial charge in [0.05, 0.1) is 24.3 Å². The summed E-state index contributed by atoms with van der Waals surface area (Å²) in [7, 11) is 0. The van der Waals surface area contributed by atoms with Crippen LogP contribution in [0.15, 0.2) is 18.6 Å². The molecule has 0 radical (unpaired) electrons. The zero-order valence-electron chi connectivity index (χ0n) is 13.3. The smallest absolute Gasteiger partial charge is 0.227 e. The van der Waals surface area contributed by atoms with E-state index in [1.165, 1.54) is 0 Å². The molecule has 2 aliphatic heterocycles. The molecule has 0 unspecified atom stereocenters. The van der Waals surface area contributed by atoms with Gasteiger partial charge in [-0.1, -0.05) is 0 Å². The van der Waals surface area contributed by atoms with Gasteiger partial charge in [-0.2, -0.15) is 0 Å². The van der Waals surface area contributed by atoms with Crippen molar-refractivity contribution in [2.24, 2.45) is 5.92 Å². The van der Waals surface area contributed by atoms with E-state index < -0.39 is 0 Å². The van der Waals surface area contributed by atoms with E-state index in [2.05, 4.69) is 14.9 Å². The molecular weight excluding hydrogens is 280 g/mol. The van der Waals surface area contributed by atoms with Crippen molar-refractivity contribution in [2.75, 3.05) is 31.1 Å². The normalized spacial score (nSPS) is 29.5. The predicted octanol–water partition coefficient (Wildman–Crippen LogP) is 1.33. The minimum Gasteiger partial charge on any atom is -0.372 e.